The molecule has 0 saturated heterocycles. The lowest BCUT2D eigenvalue weighted by atomic mass is 10.1. The van der Waals surface area contributed by atoms with Crippen LogP contribution >= 0.6 is 34.8 Å². The number of para-hydroxylation sites is 1. The Morgan fingerprint density at radius 2 is 1.89 bits per heavy atom. The molecule has 0 spiro atoms. The molecule has 0 fully saturated rings. The summed E-state index contributed by atoms with van der Waals surface area (Å²) >= 11 is 7.24. The Bertz CT molecular complexity index is 1030. The first-order chi connectivity index (χ1) is 12.9. The Labute approximate surface area is 175 Å². The molecule has 138 valence electrons. The largest absolute Gasteiger partial charge is 0.338 e. The normalized spacial score (nSPS) is 10.4. The fraction of sp³-hybridized carbons (Fsp3) is 0.105. The van der Waals surface area contributed by atoms with E-state index in [0.717, 1.165) is 20.0 Å². The number of halogens is 1. The number of rotatable bonds is 3. The number of aryl methyl sites for hydroxylation is 1. The van der Waals surface area contributed by atoms with Crippen LogP contribution in [0.3, 0.4) is 0 Å². The summed E-state index contributed by atoms with van der Waals surface area (Å²) in [6.07, 6.45) is 1.85. The molecule has 8 heteroatoms. The van der Waals surface area contributed by atoms with Crippen molar-refractivity contribution < 1.29 is 9.59 Å². The van der Waals surface area contributed by atoms with Crippen molar-refractivity contribution in [2.45, 2.75) is 13.5 Å². The van der Waals surface area contributed by atoms with E-state index in [1.54, 1.807) is 12.1 Å². The van der Waals surface area contributed by atoms with Crippen molar-refractivity contribution in [1.82, 2.24) is 20.7 Å². The van der Waals surface area contributed by atoms with Gasteiger partial charge in [-0.25, -0.2) is 0 Å². The monoisotopic (exact) mass is 492 g/mol. The molecule has 0 aliphatic rings. The number of benzene rings is 2. The summed E-state index contributed by atoms with van der Waals surface area (Å²) in [6.45, 7) is 2.10. The predicted octanol–water partition coefficient (Wildman–Crippen LogP) is 2.89. The molecule has 0 unspecified atom stereocenters. The summed E-state index contributed by atoms with van der Waals surface area (Å²) in [4.78, 5) is 24.3. The molecular weight excluding hydrogens is 475 g/mol. The van der Waals surface area contributed by atoms with Gasteiger partial charge in [-0.1, -0.05) is 24.3 Å². The maximum Gasteiger partial charge on any atom is 0.258 e. The maximum atomic E-state index is 12.2. The third-order valence-corrected chi connectivity index (χ3v) is 5.34. The number of fused-ring (bicyclic) bond motifs is 1. The number of hydrogen-bond donors (Lipinski definition) is 3. The van der Waals surface area contributed by atoms with Gasteiger partial charge in [0, 0.05) is 20.8 Å². The number of carbonyl (C=O) groups excluding carboxylic acids is 2. The van der Waals surface area contributed by atoms with Gasteiger partial charge in [0.1, 0.15) is 6.54 Å². The summed E-state index contributed by atoms with van der Waals surface area (Å²) in [5.74, 6) is -0.617. The fourth-order valence-electron chi connectivity index (χ4n) is 2.54. The number of aromatic nitrogens is 1. The van der Waals surface area contributed by atoms with E-state index in [1.807, 2.05) is 54.1 Å². The summed E-state index contributed by atoms with van der Waals surface area (Å²) < 4.78 is 2.83. The van der Waals surface area contributed by atoms with Crippen LogP contribution in [0.5, 0.6) is 0 Å². The molecule has 3 N–H and O–H groups in total. The number of nitrogens with one attached hydrogen (secondary N) is 3. The SMILES string of the molecule is Cc1ccc(C(=O)NC(=S)NNC(=O)Cn2ccc3ccccc32)cc1I. The molecule has 0 radical (unpaired) electrons. The van der Waals surface area contributed by atoms with Gasteiger partial charge in [-0.3, -0.25) is 25.8 Å². The first kappa shape index (κ1) is 19.3. The third-order valence-electron chi connectivity index (χ3n) is 3.97. The topological polar surface area (TPSA) is 75.2 Å². The average molecular weight is 492 g/mol. The van der Waals surface area contributed by atoms with Gasteiger partial charge < -0.3 is 4.57 Å². The lowest BCUT2D eigenvalue weighted by molar-refractivity contribution is -0.122. The number of carbonyl (C=O) groups is 2. The zero-order valence-electron chi connectivity index (χ0n) is 14.5. The Hall–Kier alpha value is -2.46. The van der Waals surface area contributed by atoms with Crippen molar-refractivity contribution in [2.75, 3.05) is 0 Å². The van der Waals surface area contributed by atoms with Crippen LogP contribution in [0.2, 0.25) is 0 Å². The first-order valence-electron chi connectivity index (χ1n) is 8.14. The molecule has 3 aromatic rings. The molecular formula is C19H17IN4O2S. The summed E-state index contributed by atoms with van der Waals surface area (Å²) in [5, 5.41) is 3.64. The maximum absolute atomic E-state index is 12.2. The van der Waals surface area contributed by atoms with Gasteiger partial charge in [-0.05, 0) is 76.9 Å². The van der Waals surface area contributed by atoms with E-state index in [0.29, 0.717) is 5.56 Å². The molecule has 2 amide bonds. The molecule has 0 atom stereocenters. The first-order valence-corrected chi connectivity index (χ1v) is 9.63. The number of nitrogens with zero attached hydrogens (tertiary/aromatic N) is 1. The summed E-state index contributed by atoms with van der Waals surface area (Å²) in [7, 11) is 0. The predicted molar refractivity (Wildman–Crippen MR) is 117 cm³/mol. The van der Waals surface area contributed by atoms with E-state index in [1.165, 1.54) is 0 Å². The van der Waals surface area contributed by atoms with E-state index in [2.05, 4.69) is 38.8 Å². The Balaban J connectivity index is 1.51. The fourth-order valence-corrected chi connectivity index (χ4v) is 3.20. The molecule has 0 saturated carbocycles. The lowest BCUT2D eigenvalue weighted by Gasteiger charge is -2.12. The van der Waals surface area contributed by atoms with Gasteiger partial charge in [-0.15, -0.1) is 0 Å². The smallest absolute Gasteiger partial charge is 0.258 e. The molecule has 0 aliphatic carbocycles. The van der Waals surface area contributed by atoms with Crippen molar-refractivity contribution in [3.8, 4) is 0 Å². The van der Waals surface area contributed by atoms with E-state index >= 15 is 0 Å². The Morgan fingerprint density at radius 3 is 2.67 bits per heavy atom. The third kappa shape index (κ3) is 4.83. The van der Waals surface area contributed by atoms with Crippen LogP contribution < -0.4 is 16.2 Å². The molecule has 27 heavy (non-hydrogen) atoms. The highest BCUT2D eigenvalue weighted by molar-refractivity contribution is 14.1. The highest BCUT2D eigenvalue weighted by Crippen LogP contribution is 2.15. The van der Waals surface area contributed by atoms with Crippen LogP contribution in [0.4, 0.5) is 0 Å². The number of thiocarbonyl (C=S) groups is 1. The Morgan fingerprint density at radius 1 is 1.11 bits per heavy atom. The van der Waals surface area contributed by atoms with Gasteiger partial charge >= 0.3 is 0 Å². The van der Waals surface area contributed by atoms with Crippen LogP contribution in [0, 0.1) is 10.5 Å². The van der Waals surface area contributed by atoms with Gasteiger partial charge in [0.2, 0.25) is 0 Å². The quantitative estimate of drug-likeness (QED) is 0.299. The van der Waals surface area contributed by atoms with Gasteiger partial charge in [0.05, 0.1) is 0 Å². The van der Waals surface area contributed by atoms with Crippen molar-refractivity contribution in [1.29, 1.82) is 0 Å². The minimum atomic E-state index is -0.337. The minimum Gasteiger partial charge on any atom is -0.338 e. The van der Waals surface area contributed by atoms with Crippen LogP contribution in [0.25, 0.3) is 10.9 Å². The van der Waals surface area contributed by atoms with Gasteiger partial charge in [0.25, 0.3) is 11.8 Å². The number of amides is 2. The minimum absolute atomic E-state index is 0.0290. The molecule has 2 aromatic carbocycles. The van der Waals surface area contributed by atoms with E-state index in [4.69, 9.17) is 12.2 Å². The number of hydrogen-bond acceptors (Lipinski definition) is 3. The highest BCUT2D eigenvalue weighted by Gasteiger charge is 2.10. The zero-order valence-corrected chi connectivity index (χ0v) is 17.4. The van der Waals surface area contributed by atoms with Crippen LogP contribution in [-0.4, -0.2) is 21.5 Å². The van der Waals surface area contributed by atoms with Crippen molar-refractivity contribution in [3.05, 3.63) is 69.4 Å². The summed E-state index contributed by atoms with van der Waals surface area (Å²) in [6, 6.07) is 15.1. The van der Waals surface area contributed by atoms with Crippen LogP contribution in [0.15, 0.2) is 54.7 Å². The average Bonchev–Trinajstić information content (AvgIpc) is 3.05. The van der Waals surface area contributed by atoms with Crippen molar-refractivity contribution in [2.24, 2.45) is 0 Å². The standard InChI is InChI=1S/C19H17IN4O2S/c1-12-6-7-14(10-15(12)20)18(26)21-19(27)23-22-17(25)11-24-9-8-13-4-2-3-5-16(13)24/h2-10H,11H2,1H3,(H,22,25)(H2,21,23,26,27). The van der Waals surface area contributed by atoms with Crippen molar-refractivity contribution >= 4 is 62.6 Å². The highest BCUT2D eigenvalue weighted by atomic mass is 127. The molecule has 0 aliphatic heterocycles. The van der Waals surface area contributed by atoms with E-state index in [-0.39, 0.29) is 23.5 Å². The van der Waals surface area contributed by atoms with Gasteiger partial charge in [0.15, 0.2) is 5.11 Å². The van der Waals surface area contributed by atoms with Crippen LogP contribution in [0.1, 0.15) is 15.9 Å². The number of hydrazine groups is 1. The van der Waals surface area contributed by atoms with E-state index < -0.39 is 0 Å². The molecule has 1 aromatic heterocycles. The second kappa shape index (κ2) is 8.49. The summed E-state index contributed by atoms with van der Waals surface area (Å²) in [5.41, 5.74) is 7.61. The molecule has 1 heterocycles. The zero-order chi connectivity index (χ0) is 19.4. The second-order valence-electron chi connectivity index (χ2n) is 5.92. The molecule has 6 nitrogen and oxygen atoms in total. The second-order valence-corrected chi connectivity index (χ2v) is 7.49. The van der Waals surface area contributed by atoms with Crippen molar-refractivity contribution in [3.63, 3.8) is 0 Å². The Kier molecular flexibility index (Phi) is 6.07. The van der Waals surface area contributed by atoms with Crippen LogP contribution in [-0.2, 0) is 11.3 Å². The molecule has 0 bridgehead atoms. The lowest BCUT2D eigenvalue weighted by Crippen LogP contribution is -2.49. The molecule has 3 rings (SSSR count). The van der Waals surface area contributed by atoms with Gasteiger partial charge in [-0.2, -0.15) is 0 Å². The van der Waals surface area contributed by atoms with E-state index in [9.17, 15) is 9.59 Å².